The van der Waals surface area contributed by atoms with Gasteiger partial charge in [0.05, 0.1) is 33.6 Å². The number of nitrogens with one attached hydrogen (secondary N) is 1. The molecule has 0 fully saturated rings. The Labute approximate surface area is 164 Å². The minimum absolute atomic E-state index is 0.148. The zero-order valence-corrected chi connectivity index (χ0v) is 16.2. The normalized spacial score (nSPS) is 11.8. The molecular weight excluding hydrogens is 386 g/mol. The van der Waals surface area contributed by atoms with Crippen molar-refractivity contribution in [2.24, 2.45) is 0 Å². The third-order valence-corrected chi connectivity index (χ3v) is 5.69. The first-order valence-electron chi connectivity index (χ1n) is 8.19. The van der Waals surface area contributed by atoms with Gasteiger partial charge in [-0.15, -0.1) is 0 Å². The van der Waals surface area contributed by atoms with Gasteiger partial charge in [0.15, 0.2) is 5.76 Å². The van der Waals surface area contributed by atoms with Crippen LogP contribution in [-0.2, 0) is 23.1 Å². The number of benzene rings is 2. The molecule has 0 aliphatic heterocycles. The average molecular weight is 404 g/mol. The molecule has 0 spiro atoms. The summed E-state index contributed by atoms with van der Waals surface area (Å²) >= 11 is 6.06. The van der Waals surface area contributed by atoms with Crippen molar-refractivity contribution in [1.29, 1.82) is 0 Å². The summed E-state index contributed by atoms with van der Waals surface area (Å²) < 4.78 is 23.1. The Morgan fingerprint density at radius 1 is 1.11 bits per heavy atom. The first-order valence-corrected chi connectivity index (χ1v) is 9.89. The standard InChI is InChI=1S/C20H18ClNO4S/c1-25-15-8-6-14(7-9-15)12-22-20(23)18-11-10-16(26-18)13-27(24)19-5-3-2-4-17(19)21/h2-11H,12-13H2,1H3,(H,22,23). The lowest BCUT2D eigenvalue weighted by Gasteiger charge is -2.05. The summed E-state index contributed by atoms with van der Waals surface area (Å²) in [5, 5.41) is 3.23. The van der Waals surface area contributed by atoms with Gasteiger partial charge in [0, 0.05) is 6.54 Å². The minimum Gasteiger partial charge on any atom is -0.497 e. The van der Waals surface area contributed by atoms with Gasteiger partial charge in [-0.05, 0) is 42.0 Å². The Kier molecular flexibility index (Phi) is 6.32. The number of furan rings is 1. The highest BCUT2D eigenvalue weighted by molar-refractivity contribution is 7.84. The monoisotopic (exact) mass is 403 g/mol. The van der Waals surface area contributed by atoms with Gasteiger partial charge in [0.2, 0.25) is 0 Å². The number of amides is 1. The van der Waals surface area contributed by atoms with Gasteiger partial charge in [-0.2, -0.15) is 0 Å². The number of rotatable bonds is 7. The van der Waals surface area contributed by atoms with E-state index in [0.717, 1.165) is 11.3 Å². The van der Waals surface area contributed by atoms with E-state index in [1.807, 2.05) is 24.3 Å². The molecule has 1 heterocycles. The van der Waals surface area contributed by atoms with E-state index in [2.05, 4.69) is 5.32 Å². The number of carbonyl (C=O) groups excluding carboxylic acids is 1. The number of hydrogen-bond donors (Lipinski definition) is 1. The van der Waals surface area contributed by atoms with Crippen LogP contribution in [0.15, 0.2) is 70.0 Å². The molecule has 0 aliphatic rings. The van der Waals surface area contributed by atoms with Crippen LogP contribution in [0.3, 0.4) is 0 Å². The van der Waals surface area contributed by atoms with Gasteiger partial charge in [0.25, 0.3) is 5.91 Å². The molecule has 0 radical (unpaired) electrons. The molecule has 1 amide bonds. The number of methoxy groups -OCH3 is 1. The lowest BCUT2D eigenvalue weighted by Crippen LogP contribution is -2.22. The van der Waals surface area contributed by atoms with E-state index in [1.54, 1.807) is 43.5 Å². The van der Waals surface area contributed by atoms with Crippen LogP contribution in [0.25, 0.3) is 0 Å². The molecule has 0 bridgehead atoms. The maximum absolute atomic E-state index is 12.4. The molecule has 140 valence electrons. The minimum atomic E-state index is -1.35. The highest BCUT2D eigenvalue weighted by Gasteiger charge is 2.15. The molecule has 0 saturated heterocycles. The smallest absolute Gasteiger partial charge is 0.287 e. The van der Waals surface area contributed by atoms with E-state index >= 15 is 0 Å². The fourth-order valence-corrected chi connectivity index (χ4v) is 3.91. The number of carbonyl (C=O) groups is 1. The van der Waals surface area contributed by atoms with Gasteiger partial charge in [0.1, 0.15) is 11.5 Å². The zero-order valence-electron chi connectivity index (χ0n) is 14.6. The quantitative estimate of drug-likeness (QED) is 0.642. The molecular formula is C20H18ClNO4S. The van der Waals surface area contributed by atoms with E-state index in [9.17, 15) is 9.00 Å². The summed E-state index contributed by atoms with van der Waals surface area (Å²) in [5.74, 6) is 1.21. The predicted molar refractivity (Wildman–Crippen MR) is 104 cm³/mol. The van der Waals surface area contributed by atoms with E-state index in [1.165, 1.54) is 0 Å². The van der Waals surface area contributed by atoms with E-state index in [-0.39, 0.29) is 17.4 Å². The lowest BCUT2D eigenvalue weighted by molar-refractivity contribution is 0.0921. The van der Waals surface area contributed by atoms with Gasteiger partial charge in [-0.3, -0.25) is 9.00 Å². The third-order valence-electron chi connectivity index (χ3n) is 3.85. The van der Waals surface area contributed by atoms with Crippen LogP contribution in [0.4, 0.5) is 0 Å². The second-order valence-electron chi connectivity index (χ2n) is 5.72. The van der Waals surface area contributed by atoms with Crippen molar-refractivity contribution in [2.45, 2.75) is 17.2 Å². The van der Waals surface area contributed by atoms with Gasteiger partial charge in [-0.1, -0.05) is 35.9 Å². The largest absolute Gasteiger partial charge is 0.497 e. The summed E-state index contributed by atoms with van der Waals surface area (Å²) in [4.78, 5) is 12.8. The zero-order chi connectivity index (χ0) is 19.2. The van der Waals surface area contributed by atoms with Crippen molar-refractivity contribution in [3.8, 4) is 5.75 Å². The highest BCUT2D eigenvalue weighted by atomic mass is 35.5. The highest BCUT2D eigenvalue weighted by Crippen LogP contribution is 2.22. The van der Waals surface area contributed by atoms with Gasteiger partial charge in [-0.25, -0.2) is 0 Å². The topological polar surface area (TPSA) is 68.5 Å². The maximum atomic E-state index is 12.4. The Morgan fingerprint density at radius 3 is 2.56 bits per heavy atom. The molecule has 1 N–H and O–H groups in total. The molecule has 0 aliphatic carbocycles. The van der Waals surface area contributed by atoms with Crippen molar-refractivity contribution >= 4 is 28.3 Å². The second-order valence-corrected chi connectivity index (χ2v) is 7.54. The molecule has 2 aromatic carbocycles. The number of ether oxygens (including phenoxy) is 1. The van der Waals surface area contributed by atoms with Gasteiger partial charge < -0.3 is 14.5 Å². The van der Waals surface area contributed by atoms with Gasteiger partial charge >= 0.3 is 0 Å². The van der Waals surface area contributed by atoms with Crippen LogP contribution in [0.5, 0.6) is 5.75 Å². The number of hydrogen-bond acceptors (Lipinski definition) is 4. The summed E-state index contributed by atoms with van der Waals surface area (Å²) in [6.45, 7) is 0.365. The Balaban J connectivity index is 1.58. The lowest BCUT2D eigenvalue weighted by atomic mass is 10.2. The van der Waals surface area contributed by atoms with Crippen molar-refractivity contribution in [1.82, 2.24) is 5.32 Å². The molecule has 1 aromatic heterocycles. The molecule has 0 saturated carbocycles. The van der Waals surface area contributed by atoms with Crippen LogP contribution in [0.1, 0.15) is 21.9 Å². The molecule has 27 heavy (non-hydrogen) atoms. The molecule has 3 aromatic rings. The maximum Gasteiger partial charge on any atom is 0.287 e. The number of halogens is 1. The van der Waals surface area contributed by atoms with Crippen LogP contribution >= 0.6 is 11.6 Å². The average Bonchev–Trinajstić information content (AvgIpc) is 3.15. The van der Waals surface area contributed by atoms with Crippen molar-refractivity contribution in [2.75, 3.05) is 7.11 Å². The molecule has 3 rings (SSSR count). The van der Waals surface area contributed by atoms with Crippen LogP contribution in [-0.4, -0.2) is 17.2 Å². The van der Waals surface area contributed by atoms with E-state index < -0.39 is 10.8 Å². The fourth-order valence-electron chi connectivity index (χ4n) is 2.43. The predicted octanol–water partition coefficient (Wildman–Crippen LogP) is 4.18. The van der Waals surface area contributed by atoms with Crippen LogP contribution in [0, 0.1) is 0 Å². The fraction of sp³-hybridized carbons (Fsp3) is 0.150. The SMILES string of the molecule is COc1ccc(CNC(=O)c2ccc(CS(=O)c3ccccc3Cl)o2)cc1. The van der Waals surface area contributed by atoms with Crippen molar-refractivity contribution < 1.29 is 18.2 Å². The summed E-state index contributed by atoms with van der Waals surface area (Å²) in [5.41, 5.74) is 0.941. The van der Waals surface area contributed by atoms with E-state index in [4.69, 9.17) is 20.8 Å². The van der Waals surface area contributed by atoms with Crippen LogP contribution < -0.4 is 10.1 Å². The Hall–Kier alpha value is -2.57. The third kappa shape index (κ3) is 4.99. The summed E-state index contributed by atoms with van der Waals surface area (Å²) in [6, 6.07) is 17.6. The van der Waals surface area contributed by atoms with E-state index in [0.29, 0.717) is 22.2 Å². The first kappa shape index (κ1) is 19.2. The first-order chi connectivity index (χ1) is 13.1. The Morgan fingerprint density at radius 2 is 1.85 bits per heavy atom. The molecule has 1 atom stereocenters. The Bertz CT molecular complexity index is 953. The second kappa shape index (κ2) is 8.88. The molecule has 7 heteroatoms. The summed E-state index contributed by atoms with van der Waals surface area (Å²) in [7, 11) is 0.249. The molecule has 5 nitrogen and oxygen atoms in total. The summed E-state index contributed by atoms with van der Waals surface area (Å²) in [6.07, 6.45) is 0. The van der Waals surface area contributed by atoms with Crippen molar-refractivity contribution in [3.05, 3.63) is 82.8 Å². The van der Waals surface area contributed by atoms with Crippen LogP contribution in [0.2, 0.25) is 5.02 Å². The van der Waals surface area contributed by atoms with Crippen molar-refractivity contribution in [3.63, 3.8) is 0 Å². The molecule has 1 unspecified atom stereocenters.